The van der Waals surface area contributed by atoms with Gasteiger partial charge < -0.3 is 15.2 Å². The molecule has 0 spiro atoms. The van der Waals surface area contributed by atoms with Gasteiger partial charge in [-0.15, -0.1) is 24.8 Å². The summed E-state index contributed by atoms with van der Waals surface area (Å²) >= 11 is 5.89. The Kier molecular flexibility index (Phi) is 7.10. The third-order valence-corrected chi connectivity index (χ3v) is 5.06. The number of carbonyl (C=O) groups is 1. The molecule has 1 saturated heterocycles. The number of nitrogens with zero attached hydrogens (tertiary/aromatic N) is 4. The number of piperazine rings is 1. The average molecular weight is 435 g/mol. The van der Waals surface area contributed by atoms with E-state index in [0.29, 0.717) is 36.4 Å². The molecule has 1 aliphatic heterocycles. The van der Waals surface area contributed by atoms with E-state index in [4.69, 9.17) is 21.9 Å². The Balaban J connectivity index is 0.00000131. The highest BCUT2D eigenvalue weighted by atomic mass is 35.5. The van der Waals surface area contributed by atoms with Crippen LogP contribution in [0.2, 0.25) is 5.02 Å². The summed E-state index contributed by atoms with van der Waals surface area (Å²) in [4.78, 5) is 20.8. The number of halogens is 3. The summed E-state index contributed by atoms with van der Waals surface area (Å²) in [5.41, 5.74) is 6.29. The van der Waals surface area contributed by atoms with Gasteiger partial charge in [-0.25, -0.2) is 0 Å². The van der Waals surface area contributed by atoms with Crippen LogP contribution in [0.4, 0.5) is 0 Å². The number of hydrogen-bond donors (Lipinski definition) is 1. The molecule has 0 radical (unpaired) electrons. The van der Waals surface area contributed by atoms with E-state index in [2.05, 4.69) is 15.0 Å². The topological polar surface area (TPSA) is 88.5 Å². The monoisotopic (exact) mass is 433 g/mol. The van der Waals surface area contributed by atoms with Crippen molar-refractivity contribution in [1.82, 2.24) is 19.9 Å². The fourth-order valence-electron chi connectivity index (χ4n) is 3.00. The molecule has 1 aliphatic carbocycles. The van der Waals surface area contributed by atoms with Gasteiger partial charge in [-0.1, -0.05) is 16.8 Å². The highest BCUT2D eigenvalue weighted by Crippen LogP contribution is 2.34. The lowest BCUT2D eigenvalue weighted by atomic mass is 10.2. The standard InChI is InChI=1S/C17H20ClN5O2.2ClH/c18-13-3-1-12(2-4-13)15-20-14(25-21-15)11-22-7-9-23(10-8-22)16(24)17(19)5-6-17;;/h1-4H,5-11,19H2;2*1H. The van der Waals surface area contributed by atoms with Crippen LogP contribution in [0.5, 0.6) is 0 Å². The second kappa shape index (κ2) is 8.75. The first kappa shape index (κ1) is 21.9. The Morgan fingerprint density at radius 1 is 1.15 bits per heavy atom. The smallest absolute Gasteiger partial charge is 0.242 e. The zero-order valence-electron chi connectivity index (χ0n) is 14.6. The van der Waals surface area contributed by atoms with Crippen molar-refractivity contribution in [2.24, 2.45) is 5.73 Å². The molecule has 1 amide bonds. The SMILES string of the molecule is Cl.Cl.NC1(C(=O)N2CCN(Cc3nc(-c4ccc(Cl)cc4)no3)CC2)CC1. The quantitative estimate of drug-likeness (QED) is 0.795. The van der Waals surface area contributed by atoms with E-state index in [-0.39, 0.29) is 30.7 Å². The van der Waals surface area contributed by atoms with Crippen molar-refractivity contribution < 1.29 is 9.32 Å². The van der Waals surface area contributed by atoms with Crippen LogP contribution in [0.3, 0.4) is 0 Å². The molecule has 148 valence electrons. The molecular weight excluding hydrogens is 413 g/mol. The summed E-state index contributed by atoms with van der Waals surface area (Å²) in [6.07, 6.45) is 1.61. The van der Waals surface area contributed by atoms with Gasteiger partial charge in [-0.2, -0.15) is 4.98 Å². The number of aromatic nitrogens is 2. The van der Waals surface area contributed by atoms with Crippen LogP contribution in [0.25, 0.3) is 11.4 Å². The molecule has 27 heavy (non-hydrogen) atoms. The van der Waals surface area contributed by atoms with Gasteiger partial charge in [-0.3, -0.25) is 9.69 Å². The molecule has 1 aromatic heterocycles. The molecule has 4 rings (SSSR count). The number of amides is 1. The van der Waals surface area contributed by atoms with E-state index in [1.165, 1.54) is 0 Å². The molecule has 10 heteroatoms. The van der Waals surface area contributed by atoms with Gasteiger partial charge in [0.2, 0.25) is 17.6 Å². The number of carbonyl (C=O) groups excluding carboxylic acids is 1. The molecule has 2 aromatic rings. The molecule has 0 bridgehead atoms. The van der Waals surface area contributed by atoms with E-state index in [9.17, 15) is 4.79 Å². The second-order valence-electron chi connectivity index (χ2n) is 6.74. The van der Waals surface area contributed by atoms with Crippen molar-refractivity contribution in [3.63, 3.8) is 0 Å². The lowest BCUT2D eigenvalue weighted by molar-refractivity contribution is -0.135. The van der Waals surface area contributed by atoms with Crippen molar-refractivity contribution in [2.75, 3.05) is 26.2 Å². The first-order valence-electron chi connectivity index (χ1n) is 8.43. The molecular formula is C17H22Cl3N5O2. The molecule has 1 saturated carbocycles. The lowest BCUT2D eigenvalue weighted by Gasteiger charge is -2.35. The van der Waals surface area contributed by atoms with Crippen molar-refractivity contribution in [2.45, 2.75) is 24.9 Å². The summed E-state index contributed by atoms with van der Waals surface area (Å²) < 4.78 is 5.35. The molecule has 2 fully saturated rings. The molecule has 2 aliphatic rings. The van der Waals surface area contributed by atoms with Crippen LogP contribution >= 0.6 is 36.4 Å². The van der Waals surface area contributed by atoms with Crippen molar-refractivity contribution in [3.8, 4) is 11.4 Å². The highest BCUT2D eigenvalue weighted by molar-refractivity contribution is 6.30. The zero-order valence-corrected chi connectivity index (χ0v) is 17.0. The molecule has 1 aromatic carbocycles. The third kappa shape index (κ3) is 4.92. The maximum atomic E-state index is 12.3. The fourth-order valence-corrected chi connectivity index (χ4v) is 3.13. The van der Waals surface area contributed by atoms with Crippen molar-refractivity contribution in [3.05, 3.63) is 35.2 Å². The van der Waals surface area contributed by atoms with Crippen molar-refractivity contribution >= 4 is 42.3 Å². The van der Waals surface area contributed by atoms with Crippen LogP contribution in [-0.2, 0) is 11.3 Å². The van der Waals surface area contributed by atoms with Crippen LogP contribution in [0, 0.1) is 0 Å². The molecule has 0 atom stereocenters. The summed E-state index contributed by atoms with van der Waals surface area (Å²) in [7, 11) is 0. The predicted octanol–water partition coefficient (Wildman–Crippen LogP) is 2.37. The minimum atomic E-state index is -0.581. The number of nitrogens with two attached hydrogens (primary N) is 1. The Morgan fingerprint density at radius 2 is 1.78 bits per heavy atom. The Hall–Kier alpha value is -1.38. The lowest BCUT2D eigenvalue weighted by Crippen LogP contribution is -2.53. The molecule has 2 heterocycles. The van der Waals surface area contributed by atoms with E-state index in [1.54, 1.807) is 12.1 Å². The zero-order chi connectivity index (χ0) is 17.4. The third-order valence-electron chi connectivity index (χ3n) is 4.80. The Bertz CT molecular complexity index is 771. The van der Waals surface area contributed by atoms with E-state index >= 15 is 0 Å². The Morgan fingerprint density at radius 3 is 2.37 bits per heavy atom. The largest absolute Gasteiger partial charge is 0.339 e. The summed E-state index contributed by atoms with van der Waals surface area (Å²) in [5.74, 6) is 1.22. The van der Waals surface area contributed by atoms with Gasteiger partial charge in [0, 0.05) is 36.8 Å². The molecule has 0 unspecified atom stereocenters. The summed E-state index contributed by atoms with van der Waals surface area (Å²) in [6.45, 7) is 3.52. The maximum absolute atomic E-state index is 12.3. The number of benzene rings is 1. The molecule has 7 nitrogen and oxygen atoms in total. The van der Waals surface area contributed by atoms with Gasteiger partial charge in [0.05, 0.1) is 12.1 Å². The molecule has 2 N–H and O–H groups in total. The minimum Gasteiger partial charge on any atom is -0.339 e. The Labute approximate surface area is 175 Å². The van der Waals surface area contributed by atoms with Crippen LogP contribution < -0.4 is 5.73 Å². The number of hydrogen-bond acceptors (Lipinski definition) is 6. The van der Waals surface area contributed by atoms with Gasteiger partial charge in [0.25, 0.3) is 0 Å². The fraction of sp³-hybridized carbons (Fsp3) is 0.471. The van der Waals surface area contributed by atoms with Crippen LogP contribution in [-0.4, -0.2) is 57.6 Å². The minimum absolute atomic E-state index is 0. The van der Waals surface area contributed by atoms with E-state index < -0.39 is 5.54 Å². The van der Waals surface area contributed by atoms with Crippen molar-refractivity contribution in [1.29, 1.82) is 0 Å². The first-order valence-corrected chi connectivity index (χ1v) is 8.80. The maximum Gasteiger partial charge on any atom is 0.242 e. The highest BCUT2D eigenvalue weighted by Gasteiger charge is 2.48. The van der Waals surface area contributed by atoms with Crippen LogP contribution in [0.1, 0.15) is 18.7 Å². The average Bonchev–Trinajstić information content (AvgIpc) is 3.21. The number of rotatable bonds is 4. The van der Waals surface area contributed by atoms with Gasteiger partial charge >= 0.3 is 0 Å². The predicted molar refractivity (Wildman–Crippen MR) is 107 cm³/mol. The van der Waals surface area contributed by atoms with Crippen LogP contribution in [0.15, 0.2) is 28.8 Å². The summed E-state index contributed by atoms with van der Waals surface area (Å²) in [6, 6.07) is 7.32. The van der Waals surface area contributed by atoms with Gasteiger partial charge in [0.15, 0.2) is 0 Å². The normalized spacial score (nSPS) is 18.4. The van der Waals surface area contributed by atoms with E-state index in [1.807, 2.05) is 17.0 Å². The second-order valence-corrected chi connectivity index (χ2v) is 7.18. The van der Waals surface area contributed by atoms with Gasteiger partial charge in [-0.05, 0) is 37.1 Å². The first-order chi connectivity index (χ1) is 12.0. The van der Waals surface area contributed by atoms with E-state index in [0.717, 1.165) is 31.5 Å². The van der Waals surface area contributed by atoms with Gasteiger partial charge in [0.1, 0.15) is 0 Å². The summed E-state index contributed by atoms with van der Waals surface area (Å²) in [5, 5.41) is 4.70.